The van der Waals surface area contributed by atoms with E-state index in [0.717, 1.165) is 38.8 Å². The number of hydrogen-bond donors (Lipinski definition) is 1. The predicted octanol–water partition coefficient (Wildman–Crippen LogP) is 0.931. The zero-order valence-corrected chi connectivity index (χ0v) is 12.0. The molecule has 1 heterocycles. The Kier molecular flexibility index (Phi) is 6.62. The van der Waals surface area contributed by atoms with Gasteiger partial charge in [0.15, 0.2) is 0 Å². The van der Waals surface area contributed by atoms with Gasteiger partial charge >= 0.3 is 12.0 Å². The molecule has 0 aromatic carbocycles. The molecule has 0 unspecified atom stereocenters. The Balaban J connectivity index is 2.60. The van der Waals surface area contributed by atoms with Crippen molar-refractivity contribution < 1.29 is 14.7 Å². The standard InChI is InChI=1S/C13H25N3O3/c1-14(2)9-10-16(11-12(17)18)13(19)15-7-5-3-4-6-8-15/h3-11H2,1-2H3,(H,17,18). The summed E-state index contributed by atoms with van der Waals surface area (Å²) in [6.07, 6.45) is 4.33. The SMILES string of the molecule is CN(C)CCN(CC(=O)O)C(=O)N1CCCCCC1. The van der Waals surface area contributed by atoms with Gasteiger partial charge in [0.05, 0.1) is 0 Å². The van der Waals surface area contributed by atoms with E-state index in [9.17, 15) is 9.59 Å². The summed E-state index contributed by atoms with van der Waals surface area (Å²) in [4.78, 5) is 28.4. The zero-order valence-electron chi connectivity index (χ0n) is 12.0. The molecule has 2 amide bonds. The number of aliphatic carboxylic acids is 1. The topological polar surface area (TPSA) is 64.1 Å². The van der Waals surface area contributed by atoms with E-state index in [1.165, 1.54) is 4.90 Å². The Morgan fingerprint density at radius 1 is 1.05 bits per heavy atom. The second kappa shape index (κ2) is 7.99. The Hall–Kier alpha value is -1.30. The van der Waals surface area contributed by atoms with Crippen molar-refractivity contribution in [1.29, 1.82) is 0 Å². The van der Waals surface area contributed by atoms with E-state index in [4.69, 9.17) is 5.11 Å². The number of nitrogens with zero attached hydrogens (tertiary/aromatic N) is 3. The monoisotopic (exact) mass is 271 g/mol. The number of hydrogen-bond acceptors (Lipinski definition) is 3. The number of carboxylic acid groups (broad SMARTS) is 1. The van der Waals surface area contributed by atoms with Crippen LogP contribution in [0.2, 0.25) is 0 Å². The van der Waals surface area contributed by atoms with Crippen molar-refractivity contribution in [2.45, 2.75) is 25.7 Å². The van der Waals surface area contributed by atoms with Crippen LogP contribution in [0.25, 0.3) is 0 Å². The highest BCUT2D eigenvalue weighted by Crippen LogP contribution is 2.11. The van der Waals surface area contributed by atoms with E-state index in [-0.39, 0.29) is 12.6 Å². The molecule has 110 valence electrons. The number of carbonyl (C=O) groups is 2. The maximum absolute atomic E-state index is 12.4. The average Bonchev–Trinajstić information content (AvgIpc) is 2.61. The second-order valence-corrected chi connectivity index (χ2v) is 5.30. The molecule has 1 aliphatic rings. The molecule has 1 rings (SSSR count). The van der Waals surface area contributed by atoms with Crippen LogP contribution in [0, 0.1) is 0 Å². The minimum Gasteiger partial charge on any atom is -0.480 e. The van der Waals surface area contributed by atoms with E-state index in [1.807, 2.05) is 19.0 Å². The molecule has 0 bridgehead atoms. The first-order valence-corrected chi connectivity index (χ1v) is 6.91. The van der Waals surface area contributed by atoms with Gasteiger partial charge < -0.3 is 19.8 Å². The van der Waals surface area contributed by atoms with Crippen molar-refractivity contribution in [1.82, 2.24) is 14.7 Å². The van der Waals surface area contributed by atoms with Gasteiger partial charge in [0, 0.05) is 26.2 Å². The fourth-order valence-electron chi connectivity index (χ4n) is 2.19. The van der Waals surface area contributed by atoms with Gasteiger partial charge in [-0.15, -0.1) is 0 Å². The fourth-order valence-corrected chi connectivity index (χ4v) is 2.19. The van der Waals surface area contributed by atoms with Gasteiger partial charge in [-0.05, 0) is 26.9 Å². The maximum Gasteiger partial charge on any atom is 0.323 e. The molecule has 6 nitrogen and oxygen atoms in total. The Bertz CT molecular complexity index is 300. The third kappa shape index (κ3) is 5.92. The average molecular weight is 271 g/mol. The molecule has 6 heteroatoms. The van der Waals surface area contributed by atoms with Crippen molar-refractivity contribution in [3.8, 4) is 0 Å². The Labute approximate surface area is 115 Å². The summed E-state index contributed by atoms with van der Waals surface area (Å²) in [5.41, 5.74) is 0. The largest absolute Gasteiger partial charge is 0.480 e. The molecule has 0 spiro atoms. The van der Waals surface area contributed by atoms with Crippen LogP contribution in [0.3, 0.4) is 0 Å². The Morgan fingerprint density at radius 2 is 1.63 bits per heavy atom. The van der Waals surface area contributed by atoms with Crippen LogP contribution in [-0.4, -0.2) is 78.6 Å². The quantitative estimate of drug-likeness (QED) is 0.808. The van der Waals surface area contributed by atoms with E-state index in [1.54, 1.807) is 4.90 Å². The van der Waals surface area contributed by atoms with Gasteiger partial charge in [-0.2, -0.15) is 0 Å². The third-order valence-corrected chi connectivity index (χ3v) is 3.29. The van der Waals surface area contributed by atoms with Crippen molar-refractivity contribution in [3.05, 3.63) is 0 Å². The minimum absolute atomic E-state index is 0.133. The molecule has 19 heavy (non-hydrogen) atoms. The van der Waals surface area contributed by atoms with E-state index in [0.29, 0.717) is 13.1 Å². The molecular formula is C13H25N3O3. The lowest BCUT2D eigenvalue weighted by Gasteiger charge is -2.29. The summed E-state index contributed by atoms with van der Waals surface area (Å²) in [5.74, 6) is -0.957. The third-order valence-electron chi connectivity index (χ3n) is 3.29. The fraction of sp³-hybridized carbons (Fsp3) is 0.846. The van der Waals surface area contributed by atoms with Crippen LogP contribution < -0.4 is 0 Å². The number of likely N-dealkylation sites (tertiary alicyclic amines) is 1. The first-order valence-electron chi connectivity index (χ1n) is 6.91. The first-order chi connectivity index (χ1) is 9.00. The van der Waals surface area contributed by atoms with Crippen molar-refractivity contribution in [2.75, 3.05) is 46.8 Å². The number of likely N-dealkylation sites (N-methyl/N-ethyl adjacent to an activating group) is 1. The summed E-state index contributed by atoms with van der Waals surface area (Å²) in [5, 5.41) is 8.93. The molecule has 0 radical (unpaired) electrons. The van der Waals surface area contributed by atoms with Gasteiger partial charge in [-0.1, -0.05) is 12.8 Å². The highest BCUT2D eigenvalue weighted by Gasteiger charge is 2.23. The van der Waals surface area contributed by atoms with Crippen LogP contribution in [0.15, 0.2) is 0 Å². The van der Waals surface area contributed by atoms with Gasteiger partial charge in [-0.3, -0.25) is 4.79 Å². The second-order valence-electron chi connectivity index (χ2n) is 5.30. The molecule has 1 N–H and O–H groups in total. The zero-order chi connectivity index (χ0) is 14.3. The van der Waals surface area contributed by atoms with Gasteiger partial charge in [-0.25, -0.2) is 4.79 Å². The summed E-state index contributed by atoms with van der Waals surface area (Å²) in [6.45, 7) is 2.40. The lowest BCUT2D eigenvalue weighted by molar-refractivity contribution is -0.137. The molecule has 0 aromatic rings. The number of urea groups is 1. The van der Waals surface area contributed by atoms with Crippen LogP contribution in [0.5, 0.6) is 0 Å². The van der Waals surface area contributed by atoms with Crippen LogP contribution in [0.1, 0.15) is 25.7 Å². The van der Waals surface area contributed by atoms with Gasteiger partial charge in [0.25, 0.3) is 0 Å². The molecule has 0 saturated carbocycles. The highest BCUT2D eigenvalue weighted by molar-refractivity contribution is 5.80. The number of carboxylic acids is 1. The molecule has 1 aliphatic heterocycles. The summed E-state index contributed by atoms with van der Waals surface area (Å²) in [7, 11) is 3.82. The molecule has 0 atom stereocenters. The number of rotatable bonds is 5. The maximum atomic E-state index is 12.4. The number of carbonyl (C=O) groups excluding carboxylic acids is 1. The molecular weight excluding hydrogens is 246 g/mol. The molecule has 1 saturated heterocycles. The lowest BCUT2D eigenvalue weighted by Crippen LogP contribution is -2.47. The lowest BCUT2D eigenvalue weighted by atomic mass is 10.2. The molecule has 0 aromatic heterocycles. The Morgan fingerprint density at radius 3 is 2.11 bits per heavy atom. The summed E-state index contributed by atoms with van der Waals surface area (Å²) >= 11 is 0. The first kappa shape index (κ1) is 15.8. The van der Waals surface area contributed by atoms with E-state index >= 15 is 0 Å². The summed E-state index contributed by atoms with van der Waals surface area (Å²) < 4.78 is 0. The molecule has 0 aliphatic carbocycles. The van der Waals surface area contributed by atoms with Crippen LogP contribution in [-0.2, 0) is 4.79 Å². The smallest absolute Gasteiger partial charge is 0.323 e. The van der Waals surface area contributed by atoms with E-state index < -0.39 is 5.97 Å². The van der Waals surface area contributed by atoms with Crippen molar-refractivity contribution in [2.24, 2.45) is 0 Å². The van der Waals surface area contributed by atoms with Crippen LogP contribution in [0.4, 0.5) is 4.79 Å². The predicted molar refractivity (Wildman–Crippen MR) is 73.2 cm³/mol. The highest BCUT2D eigenvalue weighted by atomic mass is 16.4. The van der Waals surface area contributed by atoms with Crippen molar-refractivity contribution in [3.63, 3.8) is 0 Å². The van der Waals surface area contributed by atoms with E-state index in [2.05, 4.69) is 0 Å². The number of amides is 2. The van der Waals surface area contributed by atoms with Gasteiger partial charge in [0.2, 0.25) is 0 Å². The van der Waals surface area contributed by atoms with Crippen LogP contribution >= 0.6 is 0 Å². The summed E-state index contributed by atoms with van der Waals surface area (Å²) in [6, 6.07) is -0.133. The molecule has 1 fully saturated rings. The normalized spacial score (nSPS) is 16.3. The van der Waals surface area contributed by atoms with Crippen molar-refractivity contribution >= 4 is 12.0 Å². The minimum atomic E-state index is -0.957. The van der Waals surface area contributed by atoms with Gasteiger partial charge in [0.1, 0.15) is 6.54 Å².